The number of carbonyl (C=O) groups is 2. The Morgan fingerprint density at radius 3 is 2.22 bits per heavy atom. The van der Waals surface area contributed by atoms with Crippen molar-refractivity contribution in [3.8, 4) is 23.0 Å². The highest BCUT2D eigenvalue weighted by Crippen LogP contribution is 2.46. The van der Waals surface area contributed by atoms with Crippen LogP contribution in [-0.4, -0.2) is 46.8 Å². The van der Waals surface area contributed by atoms with Crippen molar-refractivity contribution in [2.24, 2.45) is 0 Å². The lowest BCUT2D eigenvalue weighted by molar-refractivity contribution is -0.121. The summed E-state index contributed by atoms with van der Waals surface area (Å²) >= 11 is 1.59. The molecule has 0 saturated heterocycles. The van der Waals surface area contributed by atoms with Gasteiger partial charge in [0.25, 0.3) is 0 Å². The van der Waals surface area contributed by atoms with E-state index >= 15 is 0 Å². The fourth-order valence-corrected chi connectivity index (χ4v) is 5.32. The molecule has 0 spiro atoms. The van der Waals surface area contributed by atoms with Crippen LogP contribution in [0.15, 0.2) is 65.6 Å². The summed E-state index contributed by atoms with van der Waals surface area (Å²) in [5, 5.41) is 2.70. The average molecular weight is 509 g/mol. The molecular formula is C27H28N2O6S. The molecule has 1 N–H and O–H groups in total. The molecule has 1 aliphatic rings. The van der Waals surface area contributed by atoms with Gasteiger partial charge in [-0.1, -0.05) is 18.2 Å². The van der Waals surface area contributed by atoms with E-state index in [4.69, 9.17) is 18.9 Å². The maximum absolute atomic E-state index is 13.5. The second-order valence-electron chi connectivity index (χ2n) is 7.99. The fraction of sp³-hybridized carbons (Fsp3) is 0.259. The van der Waals surface area contributed by atoms with Crippen molar-refractivity contribution in [3.63, 3.8) is 0 Å². The molecule has 9 heteroatoms. The Kier molecular flexibility index (Phi) is 7.90. The van der Waals surface area contributed by atoms with E-state index in [0.29, 0.717) is 34.4 Å². The number of anilines is 2. The Balaban J connectivity index is 1.57. The molecule has 0 aliphatic carbocycles. The van der Waals surface area contributed by atoms with Crippen LogP contribution in [0.1, 0.15) is 17.2 Å². The predicted octanol–water partition coefficient (Wildman–Crippen LogP) is 4.93. The number of nitrogens with zero attached hydrogens (tertiary/aromatic N) is 1. The van der Waals surface area contributed by atoms with Gasteiger partial charge in [-0.3, -0.25) is 9.59 Å². The zero-order valence-electron chi connectivity index (χ0n) is 20.6. The van der Waals surface area contributed by atoms with Gasteiger partial charge < -0.3 is 29.2 Å². The van der Waals surface area contributed by atoms with Crippen LogP contribution in [0.3, 0.4) is 0 Å². The fourth-order valence-electron chi connectivity index (χ4n) is 4.05. The largest absolute Gasteiger partial charge is 0.493 e. The van der Waals surface area contributed by atoms with Gasteiger partial charge in [-0.05, 0) is 42.0 Å². The van der Waals surface area contributed by atoms with Crippen molar-refractivity contribution in [1.82, 2.24) is 0 Å². The molecule has 0 fully saturated rings. The van der Waals surface area contributed by atoms with Gasteiger partial charge in [0.05, 0.1) is 34.1 Å². The van der Waals surface area contributed by atoms with Crippen LogP contribution in [0.25, 0.3) is 0 Å². The summed E-state index contributed by atoms with van der Waals surface area (Å²) < 4.78 is 21.4. The first-order chi connectivity index (χ1) is 17.5. The SMILES string of the molecule is COc1ccc(NC(=O)CN2C(=O)C[C@@H](c3ccc(OC)c(OC)c3)Sc3ccccc32)cc1OC. The minimum atomic E-state index is -0.320. The molecule has 36 heavy (non-hydrogen) atoms. The third-order valence-electron chi connectivity index (χ3n) is 5.83. The summed E-state index contributed by atoms with van der Waals surface area (Å²) in [6.07, 6.45) is 0.221. The van der Waals surface area contributed by atoms with Gasteiger partial charge in [0, 0.05) is 28.3 Å². The van der Waals surface area contributed by atoms with Crippen LogP contribution < -0.4 is 29.2 Å². The second kappa shape index (κ2) is 11.3. The van der Waals surface area contributed by atoms with E-state index in [1.807, 2.05) is 42.5 Å². The summed E-state index contributed by atoms with van der Waals surface area (Å²) in [5.41, 5.74) is 2.20. The molecule has 8 nitrogen and oxygen atoms in total. The minimum Gasteiger partial charge on any atom is -0.493 e. The van der Waals surface area contributed by atoms with Crippen molar-refractivity contribution in [2.75, 3.05) is 45.2 Å². The Bertz CT molecular complexity index is 1260. The number of para-hydroxylation sites is 1. The number of thioether (sulfide) groups is 1. The highest BCUT2D eigenvalue weighted by Gasteiger charge is 2.31. The van der Waals surface area contributed by atoms with Crippen molar-refractivity contribution < 1.29 is 28.5 Å². The third-order valence-corrected chi connectivity index (χ3v) is 7.16. The van der Waals surface area contributed by atoms with Gasteiger partial charge in [-0.2, -0.15) is 0 Å². The van der Waals surface area contributed by atoms with E-state index in [9.17, 15) is 9.59 Å². The third kappa shape index (κ3) is 5.36. The zero-order chi connectivity index (χ0) is 25.7. The smallest absolute Gasteiger partial charge is 0.244 e. The molecule has 3 aromatic rings. The van der Waals surface area contributed by atoms with Crippen LogP contribution in [-0.2, 0) is 9.59 Å². The van der Waals surface area contributed by atoms with E-state index < -0.39 is 0 Å². The van der Waals surface area contributed by atoms with Gasteiger partial charge in [0.2, 0.25) is 11.8 Å². The highest BCUT2D eigenvalue weighted by atomic mass is 32.2. The summed E-state index contributed by atoms with van der Waals surface area (Å²) in [4.78, 5) is 28.9. The first kappa shape index (κ1) is 25.2. The van der Waals surface area contributed by atoms with Gasteiger partial charge in [0.15, 0.2) is 23.0 Å². The molecule has 1 heterocycles. The molecule has 1 aliphatic heterocycles. The Labute approximate surface area is 214 Å². The molecule has 1 atom stereocenters. The van der Waals surface area contributed by atoms with Crippen molar-refractivity contribution in [2.45, 2.75) is 16.6 Å². The predicted molar refractivity (Wildman–Crippen MR) is 140 cm³/mol. The number of hydrogen-bond donors (Lipinski definition) is 1. The van der Waals surface area contributed by atoms with Crippen LogP contribution in [0.5, 0.6) is 23.0 Å². The lowest BCUT2D eigenvalue weighted by atomic mass is 10.1. The molecule has 0 bridgehead atoms. The summed E-state index contributed by atoms with van der Waals surface area (Å²) in [7, 11) is 6.25. The molecule has 0 aromatic heterocycles. The lowest BCUT2D eigenvalue weighted by Crippen LogP contribution is -2.38. The first-order valence-electron chi connectivity index (χ1n) is 11.3. The number of rotatable bonds is 8. The molecular weight excluding hydrogens is 480 g/mol. The number of hydrogen-bond acceptors (Lipinski definition) is 7. The number of nitrogens with one attached hydrogen (secondary N) is 1. The van der Waals surface area contributed by atoms with Gasteiger partial charge in [0.1, 0.15) is 6.54 Å². The van der Waals surface area contributed by atoms with E-state index in [2.05, 4.69) is 5.32 Å². The maximum atomic E-state index is 13.5. The summed E-state index contributed by atoms with van der Waals surface area (Å²) in [6, 6.07) is 18.4. The first-order valence-corrected chi connectivity index (χ1v) is 12.1. The van der Waals surface area contributed by atoms with E-state index in [-0.39, 0.29) is 30.0 Å². The van der Waals surface area contributed by atoms with Crippen LogP contribution in [0.4, 0.5) is 11.4 Å². The van der Waals surface area contributed by atoms with Crippen molar-refractivity contribution in [3.05, 3.63) is 66.2 Å². The molecule has 0 unspecified atom stereocenters. The highest BCUT2D eigenvalue weighted by molar-refractivity contribution is 7.99. The van der Waals surface area contributed by atoms with Gasteiger partial charge >= 0.3 is 0 Å². The van der Waals surface area contributed by atoms with Crippen LogP contribution in [0, 0.1) is 0 Å². The number of amides is 2. The summed E-state index contributed by atoms with van der Waals surface area (Å²) in [5.74, 6) is 1.83. The Morgan fingerprint density at radius 2 is 1.53 bits per heavy atom. The van der Waals surface area contributed by atoms with Gasteiger partial charge in [-0.15, -0.1) is 11.8 Å². The normalized spacial score (nSPS) is 14.9. The monoisotopic (exact) mass is 508 g/mol. The van der Waals surface area contributed by atoms with Gasteiger partial charge in [-0.25, -0.2) is 0 Å². The summed E-state index contributed by atoms with van der Waals surface area (Å²) in [6.45, 7) is -0.122. The van der Waals surface area contributed by atoms with E-state index in [1.54, 1.807) is 56.2 Å². The molecule has 2 amide bonds. The Morgan fingerprint density at radius 1 is 0.889 bits per heavy atom. The molecule has 0 radical (unpaired) electrons. The van der Waals surface area contributed by atoms with Crippen molar-refractivity contribution >= 4 is 35.0 Å². The molecule has 4 rings (SSSR count). The molecule has 0 saturated carbocycles. The standard InChI is InChI=1S/C27H28N2O6S/c1-32-20-11-9-17(13-22(20)34-3)25-15-27(31)29(19-7-5-6-8-24(19)36-25)16-26(30)28-18-10-12-21(33-2)23(14-18)35-4/h5-14,25H,15-16H2,1-4H3,(H,28,30)/t25-/m0/s1. The van der Waals surface area contributed by atoms with Crippen molar-refractivity contribution in [1.29, 1.82) is 0 Å². The molecule has 3 aromatic carbocycles. The quantitative estimate of drug-likeness (QED) is 0.462. The van der Waals surface area contributed by atoms with E-state index in [1.165, 1.54) is 7.11 Å². The van der Waals surface area contributed by atoms with E-state index in [0.717, 1.165) is 10.5 Å². The minimum absolute atomic E-state index is 0.122. The molecule has 188 valence electrons. The zero-order valence-corrected chi connectivity index (χ0v) is 21.4. The Hall–Kier alpha value is -3.85. The topological polar surface area (TPSA) is 86.3 Å². The van der Waals surface area contributed by atoms with Crippen LogP contribution in [0.2, 0.25) is 0 Å². The number of methoxy groups -OCH3 is 4. The number of benzene rings is 3. The number of carbonyl (C=O) groups excluding carboxylic acids is 2. The lowest BCUT2D eigenvalue weighted by Gasteiger charge is -2.22. The van der Waals surface area contributed by atoms with Crippen LogP contribution >= 0.6 is 11.8 Å². The second-order valence-corrected chi connectivity index (χ2v) is 9.24. The number of ether oxygens (including phenoxy) is 4. The average Bonchev–Trinajstić information content (AvgIpc) is 3.04. The number of fused-ring (bicyclic) bond motifs is 1. The maximum Gasteiger partial charge on any atom is 0.244 e.